The Kier molecular flexibility index (Phi) is 5.72. The van der Waals surface area contributed by atoms with Gasteiger partial charge in [0.2, 0.25) is 15.8 Å². The maximum absolute atomic E-state index is 14.2. The van der Waals surface area contributed by atoms with E-state index in [2.05, 4.69) is 14.7 Å². The van der Waals surface area contributed by atoms with Crippen LogP contribution in [0, 0.1) is 5.82 Å². The van der Waals surface area contributed by atoms with Crippen LogP contribution < -0.4 is 4.74 Å². The van der Waals surface area contributed by atoms with Crippen LogP contribution >= 0.6 is 11.3 Å². The SMILES string of the molecule is CCc1ncnc(O[C@H]2CCN(S(=O)(=O)c3ccsc3C(=O)OC)C2)c1F. The Morgan fingerprint density at radius 1 is 1.44 bits per heavy atom. The standard InChI is InChI=1S/C16H18FN3O5S2/c1-3-11-13(17)15(19-9-18-11)25-10-4-6-20(8-10)27(22,23)12-5-7-26-14(12)16(21)24-2/h5,7,9-10H,3-4,6,8H2,1-2H3/t10-/m0/s1. The summed E-state index contributed by atoms with van der Waals surface area (Å²) in [5.74, 6) is -1.52. The summed E-state index contributed by atoms with van der Waals surface area (Å²) in [5.41, 5.74) is 0.239. The van der Waals surface area contributed by atoms with Gasteiger partial charge in [0.25, 0.3) is 5.88 Å². The number of carbonyl (C=O) groups excluding carboxylic acids is 1. The van der Waals surface area contributed by atoms with Crippen LogP contribution in [-0.2, 0) is 21.2 Å². The molecule has 1 saturated heterocycles. The maximum atomic E-state index is 14.2. The molecule has 11 heteroatoms. The van der Waals surface area contributed by atoms with E-state index in [1.54, 1.807) is 6.92 Å². The van der Waals surface area contributed by atoms with E-state index in [9.17, 15) is 17.6 Å². The van der Waals surface area contributed by atoms with Crippen molar-refractivity contribution in [3.63, 3.8) is 0 Å². The second kappa shape index (κ2) is 7.87. The van der Waals surface area contributed by atoms with Crippen LogP contribution in [0.4, 0.5) is 4.39 Å². The lowest BCUT2D eigenvalue weighted by molar-refractivity contribution is 0.0602. The average molecular weight is 415 g/mol. The molecule has 1 aliphatic rings. The third-order valence-electron chi connectivity index (χ3n) is 4.17. The summed E-state index contributed by atoms with van der Waals surface area (Å²) in [5, 5.41) is 1.52. The van der Waals surface area contributed by atoms with Crippen LogP contribution in [0.25, 0.3) is 0 Å². The molecule has 2 aromatic rings. The highest BCUT2D eigenvalue weighted by Gasteiger charge is 2.37. The number of aryl methyl sites for hydroxylation is 1. The minimum Gasteiger partial charge on any atom is -0.471 e. The highest BCUT2D eigenvalue weighted by Crippen LogP contribution is 2.29. The molecule has 3 heterocycles. The predicted molar refractivity (Wildman–Crippen MR) is 94.8 cm³/mol. The van der Waals surface area contributed by atoms with Crippen molar-refractivity contribution in [2.75, 3.05) is 20.2 Å². The van der Waals surface area contributed by atoms with Crippen LogP contribution in [0.5, 0.6) is 5.88 Å². The van der Waals surface area contributed by atoms with Crippen molar-refractivity contribution >= 4 is 27.3 Å². The fourth-order valence-corrected chi connectivity index (χ4v) is 5.56. The van der Waals surface area contributed by atoms with Crippen molar-refractivity contribution in [2.45, 2.75) is 30.8 Å². The highest BCUT2D eigenvalue weighted by molar-refractivity contribution is 7.89. The summed E-state index contributed by atoms with van der Waals surface area (Å²) in [6, 6.07) is 1.37. The van der Waals surface area contributed by atoms with E-state index in [0.29, 0.717) is 12.8 Å². The van der Waals surface area contributed by atoms with Crippen molar-refractivity contribution in [3.8, 4) is 5.88 Å². The smallest absolute Gasteiger partial charge is 0.349 e. The summed E-state index contributed by atoms with van der Waals surface area (Å²) in [7, 11) is -2.70. The van der Waals surface area contributed by atoms with E-state index in [-0.39, 0.29) is 34.4 Å². The second-order valence-electron chi connectivity index (χ2n) is 5.79. The molecule has 2 aromatic heterocycles. The maximum Gasteiger partial charge on any atom is 0.349 e. The minimum atomic E-state index is -3.89. The normalized spacial score (nSPS) is 17.8. The van der Waals surface area contributed by atoms with Crippen LogP contribution in [-0.4, -0.2) is 55.0 Å². The third kappa shape index (κ3) is 3.80. The first-order chi connectivity index (χ1) is 12.9. The Labute approximate surface area is 160 Å². The Bertz CT molecular complexity index is 947. The monoisotopic (exact) mass is 415 g/mol. The molecular weight excluding hydrogens is 397 g/mol. The molecule has 1 atom stereocenters. The average Bonchev–Trinajstić information content (AvgIpc) is 3.33. The first kappa shape index (κ1) is 19.6. The first-order valence-electron chi connectivity index (χ1n) is 8.20. The van der Waals surface area contributed by atoms with E-state index in [4.69, 9.17) is 4.74 Å². The Morgan fingerprint density at radius 3 is 2.93 bits per heavy atom. The first-order valence-corrected chi connectivity index (χ1v) is 10.5. The number of hydrogen-bond donors (Lipinski definition) is 0. The van der Waals surface area contributed by atoms with Gasteiger partial charge in [0.15, 0.2) is 0 Å². The van der Waals surface area contributed by atoms with E-state index < -0.39 is 27.9 Å². The van der Waals surface area contributed by atoms with Gasteiger partial charge in [-0.3, -0.25) is 0 Å². The number of nitrogens with zero attached hydrogens (tertiary/aromatic N) is 3. The van der Waals surface area contributed by atoms with Gasteiger partial charge in [-0.25, -0.2) is 18.2 Å². The van der Waals surface area contributed by atoms with E-state index >= 15 is 0 Å². The molecule has 0 unspecified atom stereocenters. The summed E-state index contributed by atoms with van der Waals surface area (Å²) >= 11 is 0.999. The lowest BCUT2D eigenvalue weighted by Gasteiger charge is -2.17. The zero-order chi connectivity index (χ0) is 19.6. The molecule has 146 valence electrons. The lowest BCUT2D eigenvalue weighted by atomic mass is 10.3. The van der Waals surface area contributed by atoms with Crippen molar-refractivity contribution in [3.05, 3.63) is 34.2 Å². The van der Waals surface area contributed by atoms with Crippen molar-refractivity contribution < 1.29 is 27.1 Å². The number of aromatic nitrogens is 2. The fourth-order valence-electron chi connectivity index (χ4n) is 2.77. The molecule has 0 N–H and O–H groups in total. The zero-order valence-electron chi connectivity index (χ0n) is 14.7. The van der Waals surface area contributed by atoms with Gasteiger partial charge < -0.3 is 9.47 Å². The number of ether oxygens (including phenoxy) is 2. The predicted octanol–water partition coefficient (Wildman–Crippen LogP) is 1.87. The van der Waals surface area contributed by atoms with Crippen LogP contribution in [0.2, 0.25) is 0 Å². The van der Waals surface area contributed by atoms with Gasteiger partial charge in [-0.15, -0.1) is 11.3 Å². The second-order valence-corrected chi connectivity index (χ2v) is 8.61. The molecule has 0 radical (unpaired) electrons. The Morgan fingerprint density at radius 2 is 2.22 bits per heavy atom. The summed E-state index contributed by atoms with van der Waals surface area (Å²) in [6.07, 6.45) is 1.44. The minimum absolute atomic E-state index is 0.0244. The molecular formula is C16H18FN3O5S2. The van der Waals surface area contributed by atoms with E-state index in [1.165, 1.54) is 29.2 Å². The molecule has 0 amide bonds. The number of carbonyl (C=O) groups is 1. The molecule has 0 aliphatic carbocycles. The van der Waals surface area contributed by atoms with Gasteiger partial charge in [0, 0.05) is 6.54 Å². The number of esters is 1. The van der Waals surface area contributed by atoms with Gasteiger partial charge in [-0.1, -0.05) is 6.92 Å². The van der Waals surface area contributed by atoms with Crippen molar-refractivity contribution in [2.24, 2.45) is 0 Å². The number of sulfonamides is 1. The van der Waals surface area contributed by atoms with E-state index in [1.807, 2.05) is 0 Å². The summed E-state index contributed by atoms with van der Waals surface area (Å²) < 4.78 is 51.4. The van der Waals surface area contributed by atoms with Crippen LogP contribution in [0.3, 0.4) is 0 Å². The fraction of sp³-hybridized carbons (Fsp3) is 0.438. The number of hydrogen-bond acceptors (Lipinski definition) is 8. The van der Waals surface area contributed by atoms with Crippen molar-refractivity contribution in [1.29, 1.82) is 0 Å². The molecule has 3 rings (SSSR count). The molecule has 0 saturated carbocycles. The number of methoxy groups -OCH3 is 1. The van der Waals surface area contributed by atoms with Gasteiger partial charge in [-0.2, -0.15) is 13.7 Å². The number of thiophene rings is 1. The van der Waals surface area contributed by atoms with Gasteiger partial charge in [0.1, 0.15) is 22.2 Å². The zero-order valence-corrected chi connectivity index (χ0v) is 16.3. The molecule has 1 fully saturated rings. The molecule has 27 heavy (non-hydrogen) atoms. The number of halogens is 1. The highest BCUT2D eigenvalue weighted by atomic mass is 32.2. The largest absolute Gasteiger partial charge is 0.471 e. The van der Waals surface area contributed by atoms with Gasteiger partial charge >= 0.3 is 5.97 Å². The molecule has 8 nitrogen and oxygen atoms in total. The lowest BCUT2D eigenvalue weighted by Crippen LogP contribution is -2.31. The van der Waals surface area contributed by atoms with Crippen molar-refractivity contribution in [1.82, 2.24) is 14.3 Å². The van der Waals surface area contributed by atoms with Gasteiger partial charge in [0.05, 0.1) is 19.3 Å². The Hall–Kier alpha value is -2.11. The van der Waals surface area contributed by atoms with Gasteiger partial charge in [-0.05, 0) is 24.3 Å². The topological polar surface area (TPSA) is 98.7 Å². The quantitative estimate of drug-likeness (QED) is 0.664. The molecule has 0 bridgehead atoms. The molecule has 1 aliphatic heterocycles. The van der Waals surface area contributed by atoms with E-state index in [0.717, 1.165) is 11.3 Å². The molecule has 0 spiro atoms. The third-order valence-corrected chi connectivity index (χ3v) is 7.10. The van der Waals surface area contributed by atoms with Crippen LogP contribution in [0.1, 0.15) is 28.7 Å². The van der Waals surface area contributed by atoms with Crippen LogP contribution in [0.15, 0.2) is 22.7 Å². The number of rotatable bonds is 6. The summed E-state index contributed by atoms with van der Waals surface area (Å²) in [4.78, 5) is 19.4. The Balaban J connectivity index is 1.76. The molecule has 0 aromatic carbocycles. The summed E-state index contributed by atoms with van der Waals surface area (Å²) in [6.45, 7) is 1.99.